The molecule has 1 unspecified atom stereocenters. The summed E-state index contributed by atoms with van der Waals surface area (Å²) in [7, 11) is 5.20. The highest BCUT2D eigenvalue weighted by Gasteiger charge is 2.24. The number of anilines is 1. The fourth-order valence-electron chi connectivity index (χ4n) is 2.72. The lowest BCUT2D eigenvalue weighted by atomic mass is 10.1. The van der Waals surface area contributed by atoms with Gasteiger partial charge in [0, 0.05) is 10.6 Å². The average Bonchev–Trinajstić information content (AvgIpc) is 2.64. The number of aryl methyl sites for hydroxylation is 1. The summed E-state index contributed by atoms with van der Waals surface area (Å²) in [4.78, 5) is 13.7. The van der Waals surface area contributed by atoms with Gasteiger partial charge in [0.2, 0.25) is 0 Å². The van der Waals surface area contributed by atoms with Crippen molar-refractivity contribution >= 4 is 34.8 Å². The van der Waals surface area contributed by atoms with E-state index in [1.54, 1.807) is 32.4 Å². The third kappa shape index (κ3) is 5.28. The van der Waals surface area contributed by atoms with Crippen LogP contribution in [-0.4, -0.2) is 33.2 Å². The lowest BCUT2D eigenvalue weighted by Crippen LogP contribution is -3.12. The molecule has 7 heteroatoms. The minimum Gasteiger partial charge on any atom is -0.493 e. The summed E-state index contributed by atoms with van der Waals surface area (Å²) >= 11 is 12.0. The third-order valence-electron chi connectivity index (χ3n) is 4.63. The lowest BCUT2D eigenvalue weighted by Gasteiger charge is -2.23. The van der Waals surface area contributed by atoms with Crippen LogP contribution in [0.2, 0.25) is 10.0 Å². The molecule has 27 heavy (non-hydrogen) atoms. The first-order valence-corrected chi connectivity index (χ1v) is 9.32. The molecule has 0 aliphatic carbocycles. The van der Waals surface area contributed by atoms with Crippen molar-refractivity contribution in [1.29, 1.82) is 0 Å². The molecule has 0 aromatic heterocycles. The Bertz CT molecular complexity index is 827. The summed E-state index contributed by atoms with van der Waals surface area (Å²) in [5, 5.41) is 3.80. The van der Waals surface area contributed by atoms with Crippen LogP contribution in [0.4, 0.5) is 5.69 Å². The van der Waals surface area contributed by atoms with Crippen molar-refractivity contribution in [3.05, 3.63) is 51.5 Å². The molecule has 0 aliphatic heterocycles. The number of nitrogens with one attached hydrogen (secondary N) is 2. The Hall–Kier alpha value is -1.95. The van der Waals surface area contributed by atoms with Crippen molar-refractivity contribution < 1.29 is 19.2 Å². The van der Waals surface area contributed by atoms with E-state index in [1.165, 1.54) is 0 Å². The maximum absolute atomic E-state index is 12.6. The summed E-state index contributed by atoms with van der Waals surface area (Å²) in [5.41, 5.74) is 2.72. The van der Waals surface area contributed by atoms with Crippen LogP contribution >= 0.6 is 23.2 Å². The number of quaternary nitrogens is 1. The van der Waals surface area contributed by atoms with E-state index in [4.69, 9.17) is 32.7 Å². The van der Waals surface area contributed by atoms with Gasteiger partial charge >= 0.3 is 0 Å². The highest BCUT2D eigenvalue weighted by atomic mass is 35.5. The summed E-state index contributed by atoms with van der Waals surface area (Å²) < 4.78 is 10.7. The van der Waals surface area contributed by atoms with Crippen molar-refractivity contribution in [1.82, 2.24) is 0 Å². The SMILES string of the molecule is COc1cc(C)c(C[NH+](C)[C@@H](C)C(=O)Nc2ccc(Cl)cc2Cl)cc1OC. The third-order valence-corrected chi connectivity index (χ3v) is 5.18. The largest absolute Gasteiger partial charge is 0.493 e. The molecule has 0 radical (unpaired) electrons. The monoisotopic (exact) mass is 411 g/mol. The van der Waals surface area contributed by atoms with E-state index in [0.717, 1.165) is 16.0 Å². The number of amides is 1. The molecule has 0 saturated carbocycles. The van der Waals surface area contributed by atoms with Gasteiger partial charge in [-0.15, -0.1) is 0 Å². The van der Waals surface area contributed by atoms with Crippen LogP contribution in [0.3, 0.4) is 0 Å². The Morgan fingerprint density at radius 3 is 2.37 bits per heavy atom. The Morgan fingerprint density at radius 2 is 1.78 bits per heavy atom. The zero-order chi connectivity index (χ0) is 20.1. The molecule has 2 atom stereocenters. The maximum atomic E-state index is 12.6. The van der Waals surface area contributed by atoms with Crippen molar-refractivity contribution in [3.63, 3.8) is 0 Å². The number of likely N-dealkylation sites (N-methyl/N-ethyl adjacent to an activating group) is 1. The Kier molecular flexibility index (Phi) is 7.36. The molecule has 0 aliphatic rings. The van der Waals surface area contributed by atoms with E-state index < -0.39 is 0 Å². The van der Waals surface area contributed by atoms with Gasteiger partial charge in [0.15, 0.2) is 17.5 Å². The molecule has 0 bridgehead atoms. The molecule has 0 fully saturated rings. The van der Waals surface area contributed by atoms with Crippen molar-refractivity contribution in [2.75, 3.05) is 26.6 Å². The molecule has 5 nitrogen and oxygen atoms in total. The molecule has 2 aromatic carbocycles. The number of hydrogen-bond donors (Lipinski definition) is 2. The van der Waals surface area contributed by atoms with E-state index >= 15 is 0 Å². The number of rotatable bonds is 7. The lowest BCUT2D eigenvalue weighted by molar-refractivity contribution is -0.907. The van der Waals surface area contributed by atoms with Gasteiger partial charge in [0.05, 0.1) is 32.0 Å². The van der Waals surface area contributed by atoms with Crippen LogP contribution in [0.1, 0.15) is 18.1 Å². The summed E-state index contributed by atoms with van der Waals surface area (Å²) in [6, 6.07) is 8.61. The second kappa shape index (κ2) is 9.31. The molecule has 0 spiro atoms. The Morgan fingerprint density at radius 1 is 1.15 bits per heavy atom. The molecular weight excluding hydrogens is 387 g/mol. The molecule has 0 saturated heterocycles. The number of halogens is 2. The second-order valence-electron chi connectivity index (χ2n) is 6.49. The van der Waals surface area contributed by atoms with Crippen LogP contribution in [0, 0.1) is 6.92 Å². The summed E-state index contributed by atoms with van der Waals surface area (Å²) in [6.07, 6.45) is 0. The van der Waals surface area contributed by atoms with Gasteiger partial charge in [0.25, 0.3) is 5.91 Å². The average molecular weight is 412 g/mol. The molecule has 2 rings (SSSR count). The van der Waals surface area contributed by atoms with E-state index in [-0.39, 0.29) is 11.9 Å². The first-order valence-electron chi connectivity index (χ1n) is 8.56. The van der Waals surface area contributed by atoms with Crippen LogP contribution in [0.5, 0.6) is 11.5 Å². The van der Waals surface area contributed by atoms with Crippen LogP contribution in [-0.2, 0) is 11.3 Å². The molecule has 2 aromatic rings. The number of hydrogen-bond acceptors (Lipinski definition) is 3. The molecule has 146 valence electrons. The van der Waals surface area contributed by atoms with E-state index in [2.05, 4.69) is 5.32 Å². The first-order chi connectivity index (χ1) is 12.8. The van der Waals surface area contributed by atoms with Gasteiger partial charge in [-0.05, 0) is 49.7 Å². The van der Waals surface area contributed by atoms with E-state index in [1.807, 2.05) is 33.0 Å². The summed E-state index contributed by atoms with van der Waals surface area (Å²) in [5.74, 6) is 1.25. The van der Waals surface area contributed by atoms with Crippen LogP contribution in [0.25, 0.3) is 0 Å². The molecule has 2 N–H and O–H groups in total. The first kappa shape index (κ1) is 21.4. The number of methoxy groups -OCH3 is 2. The van der Waals surface area contributed by atoms with Crippen LogP contribution < -0.4 is 19.7 Å². The van der Waals surface area contributed by atoms with E-state index in [0.29, 0.717) is 33.8 Å². The topological polar surface area (TPSA) is 52.0 Å². The van der Waals surface area contributed by atoms with Crippen molar-refractivity contribution in [2.24, 2.45) is 0 Å². The normalized spacial score (nSPS) is 13.0. The highest BCUT2D eigenvalue weighted by Crippen LogP contribution is 2.30. The standard InChI is InChI=1S/C20H24Cl2N2O3/c1-12-8-18(26-4)19(27-5)9-14(12)11-24(3)13(2)20(25)23-17-7-6-15(21)10-16(17)22/h6-10,13H,11H2,1-5H3,(H,23,25)/p+1/t13-/m0/s1. The fourth-order valence-corrected chi connectivity index (χ4v) is 3.18. The van der Waals surface area contributed by atoms with Gasteiger partial charge in [-0.3, -0.25) is 4.79 Å². The number of carbonyl (C=O) groups excluding carboxylic acids is 1. The van der Waals surface area contributed by atoms with Gasteiger partial charge in [-0.1, -0.05) is 23.2 Å². The second-order valence-corrected chi connectivity index (χ2v) is 7.34. The number of benzene rings is 2. The Balaban J connectivity index is 2.10. The Labute approximate surface area is 170 Å². The van der Waals surface area contributed by atoms with E-state index in [9.17, 15) is 4.79 Å². The smallest absolute Gasteiger partial charge is 0.282 e. The van der Waals surface area contributed by atoms with Gasteiger partial charge in [0.1, 0.15) is 6.54 Å². The highest BCUT2D eigenvalue weighted by molar-refractivity contribution is 6.36. The van der Waals surface area contributed by atoms with Crippen molar-refractivity contribution in [3.8, 4) is 11.5 Å². The summed E-state index contributed by atoms with van der Waals surface area (Å²) in [6.45, 7) is 4.56. The van der Waals surface area contributed by atoms with Crippen molar-refractivity contribution in [2.45, 2.75) is 26.4 Å². The fraction of sp³-hybridized carbons (Fsp3) is 0.350. The molecular formula is C20H25Cl2N2O3+. The van der Waals surface area contributed by atoms with Gasteiger partial charge in [-0.25, -0.2) is 0 Å². The minimum absolute atomic E-state index is 0.116. The van der Waals surface area contributed by atoms with Gasteiger partial charge in [-0.2, -0.15) is 0 Å². The maximum Gasteiger partial charge on any atom is 0.282 e. The predicted octanol–water partition coefficient (Wildman–Crippen LogP) is 3.36. The van der Waals surface area contributed by atoms with Crippen LogP contribution in [0.15, 0.2) is 30.3 Å². The number of ether oxygens (including phenoxy) is 2. The molecule has 0 heterocycles. The zero-order valence-electron chi connectivity index (χ0n) is 16.2. The van der Waals surface area contributed by atoms with Gasteiger partial charge < -0.3 is 19.7 Å². The number of carbonyl (C=O) groups is 1. The molecule has 1 amide bonds. The minimum atomic E-state index is -0.288. The predicted molar refractivity (Wildman–Crippen MR) is 109 cm³/mol. The quantitative estimate of drug-likeness (QED) is 0.734. The zero-order valence-corrected chi connectivity index (χ0v) is 17.7.